The number of unbranched alkanes of at least 4 members (excludes halogenated alkanes) is 4. The molecule has 4 aliphatic carbocycles. The summed E-state index contributed by atoms with van der Waals surface area (Å²) in [6.07, 6.45) is 20.2. The molecule has 32 heavy (non-hydrogen) atoms. The van der Waals surface area contributed by atoms with Gasteiger partial charge in [0.2, 0.25) is 0 Å². The molecule has 0 aromatic heterocycles. The molecule has 1 N–H and O–H groups in total. The van der Waals surface area contributed by atoms with Crippen LogP contribution >= 0.6 is 0 Å². The first-order valence-corrected chi connectivity index (χ1v) is 14.3. The van der Waals surface area contributed by atoms with Crippen LogP contribution in [0.1, 0.15) is 111 Å². The van der Waals surface area contributed by atoms with Crippen molar-refractivity contribution < 1.29 is 9.84 Å². The minimum atomic E-state index is -0.105. The van der Waals surface area contributed by atoms with Gasteiger partial charge in [0.25, 0.3) is 0 Å². The van der Waals surface area contributed by atoms with Crippen LogP contribution in [-0.4, -0.2) is 24.4 Å². The van der Waals surface area contributed by atoms with Gasteiger partial charge in [-0.3, -0.25) is 0 Å². The van der Waals surface area contributed by atoms with Gasteiger partial charge < -0.3 is 9.84 Å². The number of hydrogen-bond donors (Lipinski definition) is 1. The van der Waals surface area contributed by atoms with E-state index in [1.165, 1.54) is 77.0 Å². The van der Waals surface area contributed by atoms with Crippen LogP contribution in [0.2, 0.25) is 0 Å². The van der Waals surface area contributed by atoms with Crippen molar-refractivity contribution in [3.05, 3.63) is 12.7 Å². The number of fused-ring (bicyclic) bond motifs is 5. The van der Waals surface area contributed by atoms with E-state index in [2.05, 4.69) is 33.4 Å². The van der Waals surface area contributed by atoms with Gasteiger partial charge in [-0.2, -0.15) is 0 Å². The molecule has 0 aliphatic heterocycles. The fourth-order valence-electron chi connectivity index (χ4n) is 9.43. The van der Waals surface area contributed by atoms with E-state index in [0.717, 1.165) is 49.7 Å². The molecule has 4 rings (SSSR count). The smallest absolute Gasteiger partial charge is 0.0574 e. The molecule has 0 bridgehead atoms. The first-order valence-electron chi connectivity index (χ1n) is 14.3. The van der Waals surface area contributed by atoms with Crippen molar-refractivity contribution in [1.82, 2.24) is 0 Å². The third-order valence-electron chi connectivity index (χ3n) is 11.3. The van der Waals surface area contributed by atoms with Crippen LogP contribution in [0.3, 0.4) is 0 Å². The molecule has 4 fully saturated rings. The zero-order valence-corrected chi connectivity index (χ0v) is 21.5. The summed E-state index contributed by atoms with van der Waals surface area (Å²) in [6.45, 7) is 13.5. The Morgan fingerprint density at radius 2 is 1.59 bits per heavy atom. The van der Waals surface area contributed by atoms with Gasteiger partial charge in [0, 0.05) is 13.2 Å². The highest BCUT2D eigenvalue weighted by Gasteiger charge is 2.61. The van der Waals surface area contributed by atoms with Crippen LogP contribution in [-0.2, 0) is 4.74 Å². The Kier molecular flexibility index (Phi) is 8.14. The molecule has 0 heterocycles. The number of ether oxygens (including phenoxy) is 1. The average Bonchev–Trinajstić information content (AvgIpc) is 3.12. The summed E-state index contributed by atoms with van der Waals surface area (Å²) in [6, 6.07) is 0. The summed E-state index contributed by atoms with van der Waals surface area (Å²) < 4.78 is 6.27. The van der Waals surface area contributed by atoms with Gasteiger partial charge in [0.15, 0.2) is 0 Å². The fourth-order valence-corrected chi connectivity index (χ4v) is 9.43. The van der Waals surface area contributed by atoms with Crippen LogP contribution in [0.4, 0.5) is 0 Å². The van der Waals surface area contributed by atoms with Crippen molar-refractivity contribution in [3.8, 4) is 0 Å². The Bertz CT molecular complexity index is 616. The number of rotatable bonds is 10. The predicted molar refractivity (Wildman–Crippen MR) is 134 cm³/mol. The zero-order valence-electron chi connectivity index (χ0n) is 21.5. The maximum absolute atomic E-state index is 10.8. The van der Waals surface area contributed by atoms with Gasteiger partial charge in [-0.1, -0.05) is 52.5 Å². The third kappa shape index (κ3) is 4.49. The topological polar surface area (TPSA) is 29.5 Å². The van der Waals surface area contributed by atoms with Crippen LogP contribution in [0, 0.1) is 46.3 Å². The van der Waals surface area contributed by atoms with Gasteiger partial charge in [-0.25, -0.2) is 0 Å². The lowest BCUT2D eigenvalue weighted by Crippen LogP contribution is -2.56. The lowest BCUT2D eigenvalue weighted by atomic mass is 9.43. The molecular formula is C30H52O2. The Hall–Kier alpha value is -0.340. The van der Waals surface area contributed by atoms with E-state index in [0.29, 0.717) is 22.7 Å². The average molecular weight is 445 g/mol. The minimum Gasteiger partial charge on any atom is -0.393 e. The normalized spacial score (nSPS) is 45.7. The standard InChI is InChI=1S/C30H52O2/c1-5-7-8-9-10-20-32-21-22-12-14-25-23-13-15-26-24(11-6-2)28(31)17-19-30(26,4)27(23)16-18-29(22,25)3/h6,22-28,31H,2,5,7-21H2,1,3-4H3/t22?,23-,24-,25-,26?,27-,28+,29+,30-/m0/s1. The van der Waals surface area contributed by atoms with Crippen LogP contribution in [0.15, 0.2) is 12.7 Å². The third-order valence-corrected chi connectivity index (χ3v) is 11.3. The second-order valence-electron chi connectivity index (χ2n) is 12.7. The summed E-state index contributed by atoms with van der Waals surface area (Å²) >= 11 is 0. The Labute approximate surface area is 199 Å². The maximum atomic E-state index is 10.8. The van der Waals surface area contributed by atoms with E-state index in [1.807, 2.05) is 0 Å². The van der Waals surface area contributed by atoms with E-state index in [4.69, 9.17) is 4.74 Å². The van der Waals surface area contributed by atoms with Crippen molar-refractivity contribution in [2.45, 2.75) is 117 Å². The number of aliphatic hydroxyl groups is 1. The lowest BCUT2D eigenvalue weighted by Gasteiger charge is -2.62. The van der Waals surface area contributed by atoms with Crippen LogP contribution in [0.5, 0.6) is 0 Å². The van der Waals surface area contributed by atoms with Gasteiger partial charge in [0.1, 0.15) is 0 Å². The summed E-state index contributed by atoms with van der Waals surface area (Å²) in [4.78, 5) is 0. The van der Waals surface area contributed by atoms with Gasteiger partial charge in [-0.15, -0.1) is 6.58 Å². The molecule has 0 aromatic carbocycles. The summed E-state index contributed by atoms with van der Waals surface area (Å²) in [5.74, 6) is 4.61. The molecule has 184 valence electrons. The van der Waals surface area contributed by atoms with E-state index in [1.54, 1.807) is 0 Å². The largest absolute Gasteiger partial charge is 0.393 e. The molecule has 2 heteroatoms. The lowest BCUT2D eigenvalue weighted by molar-refractivity contribution is -0.152. The number of aliphatic hydroxyl groups excluding tert-OH is 1. The Morgan fingerprint density at radius 1 is 0.875 bits per heavy atom. The summed E-state index contributed by atoms with van der Waals surface area (Å²) in [7, 11) is 0. The number of hydrogen-bond acceptors (Lipinski definition) is 2. The molecule has 0 saturated heterocycles. The van der Waals surface area contributed by atoms with Crippen molar-refractivity contribution in [2.24, 2.45) is 46.3 Å². The maximum Gasteiger partial charge on any atom is 0.0574 e. The molecule has 4 aliphatic rings. The van der Waals surface area contributed by atoms with Crippen molar-refractivity contribution in [3.63, 3.8) is 0 Å². The molecule has 0 radical (unpaired) electrons. The van der Waals surface area contributed by atoms with E-state index in [-0.39, 0.29) is 6.10 Å². The molecule has 2 unspecified atom stereocenters. The SMILES string of the molecule is C=CC[C@H]1C2CC[C@@H]3[C@H](CC[C@]4(C)C(COCCCCCCC)CC[C@@H]34)[C@@]2(C)CC[C@H]1O. The molecule has 0 amide bonds. The van der Waals surface area contributed by atoms with E-state index >= 15 is 0 Å². The van der Waals surface area contributed by atoms with Gasteiger partial charge in [0.05, 0.1) is 6.10 Å². The second-order valence-corrected chi connectivity index (χ2v) is 12.7. The van der Waals surface area contributed by atoms with Gasteiger partial charge >= 0.3 is 0 Å². The first kappa shape index (κ1) is 24.8. The highest BCUT2D eigenvalue weighted by atomic mass is 16.5. The minimum absolute atomic E-state index is 0.105. The highest BCUT2D eigenvalue weighted by molar-refractivity contribution is 5.10. The van der Waals surface area contributed by atoms with Crippen LogP contribution in [0.25, 0.3) is 0 Å². The fraction of sp³-hybridized carbons (Fsp3) is 0.933. The highest BCUT2D eigenvalue weighted by Crippen LogP contribution is 2.68. The first-order chi connectivity index (χ1) is 15.5. The summed E-state index contributed by atoms with van der Waals surface area (Å²) in [5, 5.41) is 10.8. The molecule has 0 aromatic rings. The van der Waals surface area contributed by atoms with Crippen molar-refractivity contribution in [1.29, 1.82) is 0 Å². The molecule has 0 spiro atoms. The van der Waals surface area contributed by atoms with E-state index < -0.39 is 0 Å². The summed E-state index contributed by atoms with van der Waals surface area (Å²) in [5.41, 5.74) is 0.936. The Balaban J connectivity index is 1.37. The van der Waals surface area contributed by atoms with Gasteiger partial charge in [-0.05, 0) is 111 Å². The molecule has 4 saturated carbocycles. The van der Waals surface area contributed by atoms with Crippen LogP contribution < -0.4 is 0 Å². The van der Waals surface area contributed by atoms with E-state index in [9.17, 15) is 5.11 Å². The monoisotopic (exact) mass is 444 g/mol. The molecule has 9 atom stereocenters. The quantitative estimate of drug-likeness (QED) is 0.275. The second kappa shape index (κ2) is 10.5. The predicted octanol–water partition coefficient (Wildman–Crippen LogP) is 7.80. The number of allylic oxidation sites excluding steroid dienone is 1. The van der Waals surface area contributed by atoms with Crippen molar-refractivity contribution in [2.75, 3.05) is 13.2 Å². The van der Waals surface area contributed by atoms with Crippen molar-refractivity contribution >= 4 is 0 Å². The zero-order chi connectivity index (χ0) is 22.8. The Morgan fingerprint density at radius 3 is 2.38 bits per heavy atom. The molecular weight excluding hydrogens is 392 g/mol. The molecule has 2 nitrogen and oxygen atoms in total.